The van der Waals surface area contributed by atoms with Gasteiger partial charge in [-0.1, -0.05) is 5.21 Å². The van der Waals surface area contributed by atoms with Gasteiger partial charge in [-0.3, -0.25) is 10.2 Å². The van der Waals surface area contributed by atoms with E-state index in [1.54, 1.807) is 24.4 Å². The largest absolute Gasteiger partial charge is 0.493 e. The Morgan fingerprint density at radius 3 is 2.77 bits per heavy atom. The zero-order chi connectivity index (χ0) is 22.2. The minimum Gasteiger partial charge on any atom is -0.493 e. The molecule has 0 saturated heterocycles. The van der Waals surface area contributed by atoms with E-state index >= 15 is 0 Å². The fraction of sp³-hybridized carbons (Fsp3) is 0.150. The molecule has 9 nitrogen and oxygen atoms in total. The van der Waals surface area contributed by atoms with Crippen molar-refractivity contribution in [2.75, 3.05) is 7.11 Å². The van der Waals surface area contributed by atoms with Gasteiger partial charge in [-0.2, -0.15) is 5.10 Å². The van der Waals surface area contributed by atoms with Crippen molar-refractivity contribution in [3.8, 4) is 11.5 Å². The molecular weight excluding hydrogens is 423 g/mol. The van der Waals surface area contributed by atoms with Crippen LogP contribution < -0.4 is 20.6 Å². The van der Waals surface area contributed by atoms with Gasteiger partial charge in [0.15, 0.2) is 22.4 Å². The number of nitrogens with zero attached hydrogens (tertiary/aromatic N) is 4. The molecule has 2 aromatic carbocycles. The van der Waals surface area contributed by atoms with Gasteiger partial charge in [0.25, 0.3) is 0 Å². The van der Waals surface area contributed by atoms with Gasteiger partial charge in [0, 0.05) is 5.56 Å². The molecule has 0 aliphatic heterocycles. The number of nitrogens with two attached hydrogens (primary N) is 1. The predicted molar refractivity (Wildman–Crippen MR) is 116 cm³/mol. The zero-order valence-corrected chi connectivity index (χ0v) is 17.3. The van der Waals surface area contributed by atoms with Gasteiger partial charge in [0.05, 0.1) is 19.5 Å². The summed E-state index contributed by atoms with van der Waals surface area (Å²) in [5.74, 6) is 0.391. The number of ketones is 1. The summed E-state index contributed by atoms with van der Waals surface area (Å²) in [6.45, 7) is 0.105. The molecule has 0 fully saturated rings. The second-order valence-electron chi connectivity index (χ2n) is 6.27. The first-order valence-electron chi connectivity index (χ1n) is 9.01. The number of nitrogens with one attached hydrogen (secondary N) is 1. The molecule has 1 heterocycles. The van der Waals surface area contributed by atoms with E-state index in [1.165, 1.54) is 42.3 Å². The number of carbonyl (C=O) groups excluding carboxylic acids is 1. The molecule has 3 rings (SSSR count). The Hall–Kier alpha value is -3.86. The lowest BCUT2D eigenvalue weighted by Crippen LogP contribution is -2.23. The fourth-order valence-electron chi connectivity index (χ4n) is 2.56. The topological polar surface area (TPSA) is 117 Å². The van der Waals surface area contributed by atoms with E-state index in [1.807, 2.05) is 0 Å². The second kappa shape index (κ2) is 10.3. The van der Waals surface area contributed by atoms with Crippen molar-refractivity contribution in [1.82, 2.24) is 20.4 Å². The first kappa shape index (κ1) is 21.8. The number of thiocarbonyl (C=S) groups is 1. The van der Waals surface area contributed by atoms with Crippen LogP contribution in [0.25, 0.3) is 0 Å². The van der Waals surface area contributed by atoms with Crippen LogP contribution in [0.2, 0.25) is 0 Å². The molecule has 0 bridgehead atoms. The Morgan fingerprint density at radius 2 is 2.06 bits per heavy atom. The highest BCUT2D eigenvalue weighted by Gasteiger charge is 2.11. The van der Waals surface area contributed by atoms with Crippen LogP contribution in [0.1, 0.15) is 21.6 Å². The molecule has 3 N–H and O–H groups in total. The van der Waals surface area contributed by atoms with Crippen molar-refractivity contribution in [3.05, 3.63) is 71.3 Å². The third-order valence-corrected chi connectivity index (χ3v) is 4.10. The van der Waals surface area contributed by atoms with Gasteiger partial charge in [-0.05, 0) is 60.2 Å². The van der Waals surface area contributed by atoms with Crippen molar-refractivity contribution in [3.63, 3.8) is 0 Å². The maximum Gasteiger partial charge on any atom is 0.184 e. The van der Waals surface area contributed by atoms with Crippen LogP contribution in [0.15, 0.2) is 53.8 Å². The van der Waals surface area contributed by atoms with E-state index in [4.69, 9.17) is 15.2 Å². The van der Waals surface area contributed by atoms with E-state index in [-0.39, 0.29) is 24.0 Å². The van der Waals surface area contributed by atoms with Crippen molar-refractivity contribution in [1.29, 1.82) is 0 Å². The van der Waals surface area contributed by atoms with Crippen LogP contribution in [0.5, 0.6) is 11.5 Å². The van der Waals surface area contributed by atoms with Gasteiger partial charge >= 0.3 is 0 Å². The lowest BCUT2D eigenvalue weighted by Gasteiger charge is -2.10. The van der Waals surface area contributed by atoms with Crippen molar-refractivity contribution in [2.24, 2.45) is 10.8 Å². The zero-order valence-electron chi connectivity index (χ0n) is 16.5. The quantitative estimate of drug-likeness (QED) is 0.224. The first-order chi connectivity index (χ1) is 14.9. The highest BCUT2D eigenvalue weighted by molar-refractivity contribution is 7.80. The minimum absolute atomic E-state index is 0.0176. The molecule has 31 heavy (non-hydrogen) atoms. The number of carbonyl (C=O) groups is 1. The van der Waals surface area contributed by atoms with Crippen molar-refractivity contribution < 1.29 is 18.7 Å². The summed E-state index contributed by atoms with van der Waals surface area (Å²) in [5.41, 5.74) is 9.45. The number of halogens is 1. The van der Waals surface area contributed by atoms with E-state index in [2.05, 4.69) is 33.1 Å². The standard InChI is InChI=1S/C20H19FN6O3S/c1-29-19-8-13(9-23-25-20(22)31)2-7-18(19)30-12-16-10-27(26-24-16)11-17(28)14-3-5-15(21)6-4-14/h2-10H,11-12H2,1H3,(H3,22,25,31)/b23-9+. The van der Waals surface area contributed by atoms with E-state index < -0.39 is 5.82 Å². The lowest BCUT2D eigenvalue weighted by molar-refractivity contribution is 0.0967. The molecular formula is C20H19FN6O3S. The summed E-state index contributed by atoms with van der Waals surface area (Å²) in [6, 6.07) is 10.6. The molecule has 0 unspecified atom stereocenters. The Balaban J connectivity index is 1.59. The number of ether oxygens (including phenoxy) is 2. The molecule has 160 valence electrons. The summed E-state index contributed by atoms with van der Waals surface area (Å²) >= 11 is 4.68. The third-order valence-electron chi connectivity index (χ3n) is 4.01. The number of hydrogen-bond acceptors (Lipinski definition) is 7. The maximum absolute atomic E-state index is 13.0. The Kier molecular flexibility index (Phi) is 7.22. The SMILES string of the molecule is COc1cc(/C=N/NC(N)=S)ccc1OCc1cn(CC(=O)c2ccc(F)cc2)nn1. The molecule has 0 spiro atoms. The number of Topliss-reactive ketones (excluding diaryl/α,β-unsaturated/α-hetero) is 1. The lowest BCUT2D eigenvalue weighted by atomic mass is 10.1. The highest BCUT2D eigenvalue weighted by atomic mass is 32.1. The van der Waals surface area contributed by atoms with Crippen molar-refractivity contribution in [2.45, 2.75) is 13.2 Å². The van der Waals surface area contributed by atoms with Gasteiger partial charge in [0.2, 0.25) is 0 Å². The monoisotopic (exact) mass is 442 g/mol. The van der Waals surface area contributed by atoms with Crippen LogP contribution in [0.4, 0.5) is 4.39 Å². The summed E-state index contributed by atoms with van der Waals surface area (Å²) in [6.07, 6.45) is 3.14. The third kappa shape index (κ3) is 6.31. The number of rotatable bonds is 9. The Labute approximate surface area is 182 Å². The number of hydrogen-bond donors (Lipinski definition) is 2. The smallest absolute Gasteiger partial charge is 0.184 e. The Bertz CT molecular complexity index is 1100. The summed E-state index contributed by atoms with van der Waals surface area (Å²) in [5, 5.41) is 11.9. The molecule has 0 atom stereocenters. The first-order valence-corrected chi connectivity index (χ1v) is 9.42. The molecule has 0 aliphatic carbocycles. The van der Waals surface area contributed by atoms with Gasteiger partial charge in [0.1, 0.15) is 24.7 Å². The maximum atomic E-state index is 13.0. The molecule has 3 aromatic rings. The molecule has 0 amide bonds. The minimum atomic E-state index is -0.399. The summed E-state index contributed by atoms with van der Waals surface area (Å²) < 4.78 is 25.5. The van der Waals surface area contributed by atoms with Gasteiger partial charge < -0.3 is 15.2 Å². The second-order valence-corrected chi connectivity index (χ2v) is 6.71. The van der Waals surface area contributed by atoms with E-state index in [0.29, 0.717) is 22.8 Å². The summed E-state index contributed by atoms with van der Waals surface area (Å²) in [4.78, 5) is 12.3. The van der Waals surface area contributed by atoms with Crippen molar-refractivity contribution >= 4 is 29.3 Å². The van der Waals surface area contributed by atoms with E-state index in [0.717, 1.165) is 5.56 Å². The molecule has 1 aromatic heterocycles. The molecule has 0 saturated carbocycles. The van der Waals surface area contributed by atoms with Crippen LogP contribution in [0.3, 0.4) is 0 Å². The van der Waals surface area contributed by atoms with Crippen LogP contribution >= 0.6 is 12.2 Å². The van der Waals surface area contributed by atoms with Gasteiger partial charge in [-0.25, -0.2) is 9.07 Å². The normalized spacial score (nSPS) is 10.8. The average molecular weight is 442 g/mol. The number of benzene rings is 2. The average Bonchev–Trinajstić information content (AvgIpc) is 3.20. The van der Waals surface area contributed by atoms with Crippen LogP contribution in [-0.2, 0) is 13.2 Å². The number of methoxy groups -OCH3 is 1. The van der Waals surface area contributed by atoms with Crippen LogP contribution in [0, 0.1) is 5.82 Å². The molecule has 11 heteroatoms. The molecule has 0 aliphatic rings. The summed E-state index contributed by atoms with van der Waals surface area (Å²) in [7, 11) is 1.52. The van der Waals surface area contributed by atoms with E-state index in [9.17, 15) is 9.18 Å². The number of hydrazone groups is 1. The molecule has 0 radical (unpaired) electrons. The predicted octanol–water partition coefficient (Wildman–Crippen LogP) is 2.05. The Morgan fingerprint density at radius 1 is 1.29 bits per heavy atom. The van der Waals surface area contributed by atoms with Crippen LogP contribution in [-0.4, -0.2) is 39.2 Å². The van der Waals surface area contributed by atoms with Gasteiger partial charge in [-0.15, -0.1) is 5.10 Å². The number of aromatic nitrogens is 3. The fourth-order valence-corrected chi connectivity index (χ4v) is 2.61. The highest BCUT2D eigenvalue weighted by Crippen LogP contribution is 2.28.